The second kappa shape index (κ2) is 7.47. The van der Waals surface area contributed by atoms with Crippen molar-refractivity contribution in [2.45, 2.75) is 39.2 Å². The lowest BCUT2D eigenvalue weighted by Crippen LogP contribution is -2.35. The Bertz CT molecular complexity index is 672. The Morgan fingerprint density at radius 2 is 2.29 bits per heavy atom. The summed E-state index contributed by atoms with van der Waals surface area (Å²) < 4.78 is 10.4. The Labute approximate surface area is 141 Å². The van der Waals surface area contributed by atoms with Gasteiger partial charge in [-0.2, -0.15) is 0 Å². The Balaban J connectivity index is 1.62. The van der Waals surface area contributed by atoms with Gasteiger partial charge in [0.05, 0.1) is 12.5 Å². The topological polar surface area (TPSA) is 77.2 Å². The average molecular weight is 329 g/mol. The third kappa shape index (κ3) is 3.75. The van der Waals surface area contributed by atoms with E-state index in [1.54, 1.807) is 0 Å². The van der Waals surface area contributed by atoms with E-state index in [9.17, 15) is 4.79 Å². The van der Waals surface area contributed by atoms with E-state index in [0.29, 0.717) is 24.5 Å². The number of hydrogen-bond acceptors (Lipinski definition) is 6. The summed E-state index contributed by atoms with van der Waals surface area (Å²) in [5.74, 6) is 0.794. The molecule has 6 nitrogen and oxygen atoms in total. The Morgan fingerprint density at radius 1 is 1.42 bits per heavy atom. The maximum Gasteiger partial charge on any atom is 0.309 e. The Kier molecular flexibility index (Phi) is 5.13. The van der Waals surface area contributed by atoms with Gasteiger partial charge in [-0.25, -0.2) is 0 Å². The van der Waals surface area contributed by atoms with Gasteiger partial charge in [-0.05, 0) is 50.3 Å². The lowest BCUT2D eigenvalue weighted by molar-refractivity contribution is -0.151. The summed E-state index contributed by atoms with van der Waals surface area (Å²) in [6.07, 6.45) is 4.10. The number of hydrogen-bond donors (Lipinski definition) is 1. The van der Waals surface area contributed by atoms with Gasteiger partial charge in [0.1, 0.15) is 0 Å². The van der Waals surface area contributed by atoms with Crippen LogP contribution >= 0.6 is 0 Å². The van der Waals surface area contributed by atoms with Crippen LogP contribution in [0.15, 0.2) is 35.1 Å². The summed E-state index contributed by atoms with van der Waals surface area (Å²) in [4.78, 5) is 12.0. The maximum atomic E-state index is 12.0. The van der Waals surface area contributed by atoms with Crippen LogP contribution in [-0.2, 0) is 9.53 Å². The van der Waals surface area contributed by atoms with E-state index < -0.39 is 0 Å². The van der Waals surface area contributed by atoms with Crippen LogP contribution in [0.1, 0.15) is 33.1 Å². The average Bonchev–Trinajstić information content (AvgIpc) is 3.10. The van der Waals surface area contributed by atoms with Gasteiger partial charge in [0.2, 0.25) is 12.3 Å². The molecule has 1 aliphatic rings. The first-order valence-corrected chi connectivity index (χ1v) is 8.47. The van der Waals surface area contributed by atoms with Gasteiger partial charge >= 0.3 is 5.97 Å². The first-order valence-electron chi connectivity index (χ1n) is 8.47. The Hall–Kier alpha value is -2.37. The smallest absolute Gasteiger partial charge is 0.309 e. The highest BCUT2D eigenvalue weighted by Crippen LogP contribution is 2.33. The van der Waals surface area contributed by atoms with Crippen LogP contribution in [0.25, 0.3) is 11.5 Å². The number of benzene rings is 1. The molecule has 0 unspecified atom stereocenters. The van der Waals surface area contributed by atoms with Crippen molar-refractivity contribution in [3.63, 3.8) is 0 Å². The summed E-state index contributed by atoms with van der Waals surface area (Å²) >= 11 is 0. The molecule has 0 bridgehead atoms. The predicted molar refractivity (Wildman–Crippen MR) is 90.3 cm³/mol. The van der Waals surface area contributed by atoms with Crippen LogP contribution in [0.5, 0.6) is 0 Å². The molecule has 1 aromatic heterocycles. The van der Waals surface area contributed by atoms with Crippen LogP contribution in [-0.4, -0.2) is 28.8 Å². The fourth-order valence-electron chi connectivity index (χ4n) is 3.40. The summed E-state index contributed by atoms with van der Waals surface area (Å²) in [7, 11) is 0. The summed E-state index contributed by atoms with van der Waals surface area (Å²) in [5, 5.41) is 11.2. The van der Waals surface area contributed by atoms with E-state index >= 15 is 0 Å². The highest BCUT2D eigenvalue weighted by atomic mass is 16.5. The number of rotatable bonds is 5. The van der Waals surface area contributed by atoms with Crippen LogP contribution in [0.4, 0.5) is 5.69 Å². The normalized spacial score (nSPS) is 23.7. The predicted octanol–water partition coefficient (Wildman–Crippen LogP) is 3.52. The first kappa shape index (κ1) is 16.5. The van der Waals surface area contributed by atoms with Crippen molar-refractivity contribution < 1.29 is 13.9 Å². The zero-order valence-corrected chi connectivity index (χ0v) is 14.1. The van der Waals surface area contributed by atoms with Gasteiger partial charge in [-0.3, -0.25) is 4.79 Å². The van der Waals surface area contributed by atoms with E-state index in [0.717, 1.165) is 30.5 Å². The molecule has 0 radical (unpaired) electrons. The van der Waals surface area contributed by atoms with E-state index in [1.165, 1.54) is 6.39 Å². The molecule has 0 saturated heterocycles. The second-order valence-electron chi connectivity index (χ2n) is 6.31. The maximum absolute atomic E-state index is 12.0. The van der Waals surface area contributed by atoms with Crippen LogP contribution in [0.2, 0.25) is 0 Å². The van der Waals surface area contributed by atoms with E-state index in [-0.39, 0.29) is 11.9 Å². The number of nitrogens with zero attached hydrogens (tertiary/aromatic N) is 2. The minimum Gasteiger partial charge on any atom is -0.466 e. The number of aromatic nitrogens is 2. The molecule has 128 valence electrons. The van der Waals surface area contributed by atoms with E-state index in [1.807, 2.05) is 31.2 Å². The van der Waals surface area contributed by atoms with Gasteiger partial charge in [0, 0.05) is 17.3 Å². The molecule has 0 aliphatic heterocycles. The lowest BCUT2D eigenvalue weighted by Gasteiger charge is -2.33. The van der Waals surface area contributed by atoms with Crippen molar-refractivity contribution in [1.82, 2.24) is 10.2 Å². The molecule has 1 saturated carbocycles. The zero-order chi connectivity index (χ0) is 16.9. The molecule has 1 fully saturated rings. The van der Waals surface area contributed by atoms with Gasteiger partial charge in [0.25, 0.3) is 0 Å². The molecule has 0 spiro atoms. The third-order valence-electron chi connectivity index (χ3n) is 4.60. The molecule has 1 heterocycles. The second-order valence-corrected chi connectivity index (χ2v) is 6.31. The van der Waals surface area contributed by atoms with Crippen LogP contribution in [0, 0.1) is 11.8 Å². The minimum atomic E-state index is -0.0539. The largest absolute Gasteiger partial charge is 0.466 e. The van der Waals surface area contributed by atoms with Crippen molar-refractivity contribution in [2.75, 3.05) is 11.9 Å². The Morgan fingerprint density at radius 3 is 3.00 bits per heavy atom. The number of nitrogens with one attached hydrogen (secondary N) is 1. The molecule has 2 aromatic rings. The lowest BCUT2D eigenvalue weighted by atomic mass is 9.78. The SMILES string of the molecule is CCOC(=O)[C@@H]1CC[C@@H](Nc2cccc(-c3nnco3)c2)C[C@@H]1C. The zero-order valence-electron chi connectivity index (χ0n) is 14.1. The molecule has 1 N–H and O–H groups in total. The van der Waals surface area contributed by atoms with Crippen molar-refractivity contribution in [1.29, 1.82) is 0 Å². The van der Waals surface area contributed by atoms with Gasteiger partial charge in [-0.15, -0.1) is 10.2 Å². The van der Waals surface area contributed by atoms with Crippen molar-refractivity contribution in [2.24, 2.45) is 11.8 Å². The molecule has 0 amide bonds. The fourth-order valence-corrected chi connectivity index (χ4v) is 3.40. The van der Waals surface area contributed by atoms with Gasteiger partial charge in [0.15, 0.2) is 0 Å². The number of carbonyl (C=O) groups is 1. The van der Waals surface area contributed by atoms with Crippen molar-refractivity contribution >= 4 is 11.7 Å². The third-order valence-corrected chi connectivity index (χ3v) is 4.60. The standard InChI is InChI=1S/C18H23N3O3/c1-3-23-18(22)16-8-7-15(9-12(16)2)20-14-6-4-5-13(10-14)17-21-19-11-24-17/h4-6,10-12,15-16,20H,3,7-9H2,1-2H3/t12-,15+,16+/m0/s1. The molecule has 24 heavy (non-hydrogen) atoms. The number of esters is 1. The molecule has 1 aromatic carbocycles. The van der Waals surface area contributed by atoms with E-state index in [4.69, 9.17) is 9.15 Å². The van der Waals surface area contributed by atoms with Crippen LogP contribution < -0.4 is 5.32 Å². The molecule has 6 heteroatoms. The monoisotopic (exact) mass is 329 g/mol. The highest BCUT2D eigenvalue weighted by Gasteiger charge is 2.33. The summed E-state index contributed by atoms with van der Waals surface area (Å²) in [5.41, 5.74) is 1.92. The van der Waals surface area contributed by atoms with Gasteiger partial charge < -0.3 is 14.5 Å². The quantitative estimate of drug-likeness (QED) is 0.846. The molecule has 1 aliphatic carbocycles. The van der Waals surface area contributed by atoms with Crippen molar-refractivity contribution in [3.8, 4) is 11.5 Å². The van der Waals surface area contributed by atoms with Crippen molar-refractivity contribution in [3.05, 3.63) is 30.7 Å². The van der Waals surface area contributed by atoms with Gasteiger partial charge in [-0.1, -0.05) is 13.0 Å². The van der Waals surface area contributed by atoms with E-state index in [2.05, 4.69) is 22.4 Å². The highest BCUT2D eigenvalue weighted by molar-refractivity contribution is 5.73. The van der Waals surface area contributed by atoms with Crippen LogP contribution in [0.3, 0.4) is 0 Å². The molecule has 3 rings (SSSR count). The summed E-state index contributed by atoms with van der Waals surface area (Å²) in [6, 6.07) is 8.30. The first-order chi connectivity index (χ1) is 11.7. The summed E-state index contributed by atoms with van der Waals surface area (Å²) in [6.45, 7) is 4.43. The number of ether oxygens (including phenoxy) is 1. The number of carbonyl (C=O) groups excluding carboxylic acids is 1. The minimum absolute atomic E-state index is 0.0210. The molecule has 3 atom stereocenters. The molecular weight excluding hydrogens is 306 g/mol. The fraction of sp³-hybridized carbons (Fsp3) is 0.500. The number of anilines is 1. The molecular formula is C18H23N3O3.